The minimum absolute atomic E-state index is 0.162. The molecule has 1 aliphatic carbocycles. The number of rotatable bonds is 8. The lowest BCUT2D eigenvalue weighted by Crippen LogP contribution is -2.17. The molecule has 1 amide bonds. The molecule has 0 bridgehead atoms. The molecule has 1 aromatic heterocycles. The smallest absolute Gasteiger partial charge is 0.339 e. The quantitative estimate of drug-likeness (QED) is 0.399. The molecule has 1 heterocycles. The zero-order chi connectivity index (χ0) is 20.6. The fourth-order valence-electron chi connectivity index (χ4n) is 3.57. The summed E-state index contributed by atoms with van der Waals surface area (Å²) < 4.78 is 6.82. The Hall–Kier alpha value is -2.61. The van der Waals surface area contributed by atoms with Crippen LogP contribution in [0, 0.1) is 0 Å². The molecule has 7 nitrogen and oxygen atoms in total. The summed E-state index contributed by atoms with van der Waals surface area (Å²) in [7, 11) is 1.31. The number of para-hydroxylation sites is 1. The van der Waals surface area contributed by atoms with E-state index in [0.717, 1.165) is 18.7 Å². The van der Waals surface area contributed by atoms with E-state index in [1.165, 1.54) is 38.1 Å². The van der Waals surface area contributed by atoms with Gasteiger partial charge in [0.25, 0.3) is 0 Å². The van der Waals surface area contributed by atoms with Gasteiger partial charge < -0.3 is 14.6 Å². The van der Waals surface area contributed by atoms with E-state index in [2.05, 4.69) is 26.7 Å². The van der Waals surface area contributed by atoms with Gasteiger partial charge in [0.15, 0.2) is 5.16 Å². The van der Waals surface area contributed by atoms with Crippen LogP contribution in [0.4, 0.5) is 5.69 Å². The first-order chi connectivity index (χ1) is 14.1. The van der Waals surface area contributed by atoms with Crippen molar-refractivity contribution in [1.82, 2.24) is 14.8 Å². The Kier molecular flexibility index (Phi) is 7.46. The zero-order valence-corrected chi connectivity index (χ0v) is 17.4. The van der Waals surface area contributed by atoms with Crippen LogP contribution in [-0.2, 0) is 16.1 Å². The first-order valence-corrected chi connectivity index (χ1v) is 10.8. The second-order valence-corrected chi connectivity index (χ2v) is 7.89. The van der Waals surface area contributed by atoms with E-state index in [-0.39, 0.29) is 11.7 Å². The molecule has 0 radical (unpaired) electrons. The van der Waals surface area contributed by atoms with Crippen LogP contribution in [0.15, 0.2) is 42.1 Å². The van der Waals surface area contributed by atoms with Crippen molar-refractivity contribution in [1.29, 1.82) is 0 Å². The normalized spacial score (nSPS) is 14.4. The van der Waals surface area contributed by atoms with E-state index in [1.54, 1.807) is 24.3 Å². The van der Waals surface area contributed by atoms with E-state index >= 15 is 0 Å². The fourth-order valence-corrected chi connectivity index (χ4v) is 4.32. The molecule has 154 valence electrons. The van der Waals surface area contributed by atoms with Gasteiger partial charge in [-0.2, -0.15) is 0 Å². The maximum Gasteiger partial charge on any atom is 0.339 e. The molecule has 0 unspecified atom stereocenters. The van der Waals surface area contributed by atoms with Crippen molar-refractivity contribution in [3.8, 4) is 0 Å². The molecule has 1 aromatic carbocycles. The van der Waals surface area contributed by atoms with Crippen molar-refractivity contribution in [2.45, 2.75) is 49.7 Å². The van der Waals surface area contributed by atoms with Crippen molar-refractivity contribution in [2.75, 3.05) is 18.2 Å². The molecule has 29 heavy (non-hydrogen) atoms. The Labute approximate surface area is 174 Å². The van der Waals surface area contributed by atoms with Gasteiger partial charge in [0, 0.05) is 12.5 Å². The average molecular weight is 415 g/mol. The van der Waals surface area contributed by atoms with Crippen molar-refractivity contribution in [3.63, 3.8) is 0 Å². The number of ether oxygens (including phenoxy) is 1. The number of carbonyl (C=O) groups is 2. The third kappa shape index (κ3) is 5.26. The first-order valence-electron chi connectivity index (χ1n) is 9.78. The number of hydrogen-bond acceptors (Lipinski definition) is 6. The summed E-state index contributed by atoms with van der Waals surface area (Å²) in [5.74, 6) is 0.861. The average Bonchev–Trinajstić information content (AvgIpc) is 3.15. The maximum absolute atomic E-state index is 12.5. The van der Waals surface area contributed by atoms with Crippen LogP contribution in [-0.4, -0.2) is 39.5 Å². The fraction of sp³-hybridized carbons (Fsp3) is 0.429. The van der Waals surface area contributed by atoms with Crippen LogP contribution in [0.25, 0.3) is 0 Å². The van der Waals surface area contributed by atoms with Crippen LogP contribution < -0.4 is 5.32 Å². The van der Waals surface area contributed by atoms with Gasteiger partial charge >= 0.3 is 5.97 Å². The van der Waals surface area contributed by atoms with Crippen molar-refractivity contribution in [2.24, 2.45) is 0 Å². The highest BCUT2D eigenvalue weighted by Crippen LogP contribution is 2.33. The Balaban J connectivity index is 1.67. The summed E-state index contributed by atoms with van der Waals surface area (Å²) in [5, 5.41) is 12.2. The second kappa shape index (κ2) is 10.2. The molecule has 0 aliphatic heterocycles. The lowest BCUT2D eigenvalue weighted by atomic mass is 9.89. The number of nitrogens with zero attached hydrogens (tertiary/aromatic N) is 3. The van der Waals surface area contributed by atoms with Crippen molar-refractivity contribution in [3.05, 3.63) is 48.3 Å². The summed E-state index contributed by atoms with van der Waals surface area (Å²) in [5.41, 5.74) is 0.753. The monoisotopic (exact) mass is 414 g/mol. The highest BCUT2D eigenvalue weighted by Gasteiger charge is 2.23. The topological polar surface area (TPSA) is 86.1 Å². The van der Waals surface area contributed by atoms with Crippen LogP contribution in [0.2, 0.25) is 0 Å². The molecule has 0 saturated heterocycles. The number of aromatic nitrogens is 3. The number of nitrogens with one attached hydrogen (secondary N) is 1. The standard InChI is InChI=1S/C21H26N4O3S/c1-3-13-25-19(15-9-5-4-6-10-15)23-24-21(25)29-14-18(26)22-17-12-8-7-11-16(17)20(27)28-2/h3,7-8,11-12,15H,1,4-6,9-10,13-14H2,2H3,(H,22,26). The second-order valence-electron chi connectivity index (χ2n) is 6.95. The number of methoxy groups -OCH3 is 1. The van der Waals surface area contributed by atoms with E-state index in [9.17, 15) is 9.59 Å². The molecule has 1 saturated carbocycles. The van der Waals surface area contributed by atoms with Crippen LogP contribution >= 0.6 is 11.8 Å². The maximum atomic E-state index is 12.5. The first kappa shape index (κ1) is 21.1. The summed E-state index contributed by atoms with van der Waals surface area (Å²) in [6.45, 7) is 4.46. The van der Waals surface area contributed by atoms with E-state index in [1.807, 2.05) is 6.08 Å². The van der Waals surface area contributed by atoms with Crippen molar-refractivity contribution < 1.29 is 14.3 Å². The molecular formula is C21H26N4O3S. The lowest BCUT2D eigenvalue weighted by Gasteiger charge is -2.21. The predicted octanol–water partition coefficient (Wildman–Crippen LogP) is 4.03. The summed E-state index contributed by atoms with van der Waals surface area (Å²) in [6, 6.07) is 6.77. The Morgan fingerprint density at radius 2 is 2.03 bits per heavy atom. The highest BCUT2D eigenvalue weighted by atomic mass is 32.2. The molecule has 1 aliphatic rings. The molecular weight excluding hydrogens is 388 g/mol. The molecule has 1 fully saturated rings. The molecule has 0 atom stereocenters. The number of thioether (sulfide) groups is 1. The van der Waals surface area contributed by atoms with Gasteiger partial charge in [0.1, 0.15) is 5.82 Å². The van der Waals surface area contributed by atoms with E-state index in [4.69, 9.17) is 4.74 Å². The van der Waals surface area contributed by atoms with Gasteiger partial charge in [0.05, 0.1) is 24.1 Å². The number of carbonyl (C=O) groups excluding carboxylic acids is 2. The van der Waals surface area contributed by atoms with Gasteiger partial charge in [-0.1, -0.05) is 49.2 Å². The third-order valence-electron chi connectivity index (χ3n) is 4.97. The molecule has 0 spiro atoms. The molecule has 3 rings (SSSR count). The largest absolute Gasteiger partial charge is 0.465 e. The molecule has 1 N–H and O–H groups in total. The zero-order valence-electron chi connectivity index (χ0n) is 16.6. The number of benzene rings is 1. The van der Waals surface area contributed by atoms with Gasteiger partial charge in [-0.3, -0.25) is 4.79 Å². The SMILES string of the molecule is C=CCn1c(SCC(=O)Nc2ccccc2C(=O)OC)nnc1C1CCCCC1. The van der Waals surface area contributed by atoms with Crippen molar-refractivity contribution >= 4 is 29.3 Å². The van der Waals surface area contributed by atoms with Gasteiger partial charge in [-0.15, -0.1) is 16.8 Å². The molecule has 2 aromatic rings. The van der Waals surface area contributed by atoms with Crippen LogP contribution in [0.3, 0.4) is 0 Å². The van der Waals surface area contributed by atoms with Crippen LogP contribution in [0.1, 0.15) is 54.2 Å². The minimum Gasteiger partial charge on any atom is -0.465 e. The summed E-state index contributed by atoms with van der Waals surface area (Å²) in [6.07, 6.45) is 7.80. The minimum atomic E-state index is -0.489. The number of esters is 1. The van der Waals surface area contributed by atoms with Crippen LogP contribution in [0.5, 0.6) is 0 Å². The van der Waals surface area contributed by atoms with E-state index in [0.29, 0.717) is 28.9 Å². The van der Waals surface area contributed by atoms with Gasteiger partial charge in [0.2, 0.25) is 5.91 Å². The van der Waals surface area contributed by atoms with Gasteiger partial charge in [-0.05, 0) is 25.0 Å². The molecule has 8 heteroatoms. The third-order valence-corrected chi connectivity index (χ3v) is 5.93. The summed E-state index contributed by atoms with van der Waals surface area (Å²) >= 11 is 1.33. The number of allylic oxidation sites excluding steroid dienone is 1. The van der Waals surface area contributed by atoms with E-state index < -0.39 is 5.97 Å². The Morgan fingerprint density at radius 1 is 1.28 bits per heavy atom. The number of amides is 1. The predicted molar refractivity (Wildman–Crippen MR) is 113 cm³/mol. The highest BCUT2D eigenvalue weighted by molar-refractivity contribution is 7.99. The Bertz CT molecular complexity index is 875. The number of anilines is 1. The lowest BCUT2D eigenvalue weighted by molar-refractivity contribution is -0.113. The summed E-state index contributed by atoms with van der Waals surface area (Å²) in [4.78, 5) is 24.3. The number of hydrogen-bond donors (Lipinski definition) is 1. The Morgan fingerprint density at radius 3 is 2.76 bits per heavy atom. The van der Waals surface area contributed by atoms with Gasteiger partial charge in [-0.25, -0.2) is 4.79 Å².